The summed E-state index contributed by atoms with van der Waals surface area (Å²) in [6.45, 7) is -0.168. The number of sulfone groups is 1. The van der Waals surface area contributed by atoms with E-state index < -0.39 is 9.84 Å². The van der Waals surface area contributed by atoms with Gasteiger partial charge in [0.05, 0.1) is 10.4 Å². The van der Waals surface area contributed by atoms with Crippen LogP contribution in [-0.2, 0) is 14.6 Å². The molecular formula is C18H18N2O4S. The lowest BCUT2D eigenvalue weighted by Crippen LogP contribution is -2.33. The van der Waals surface area contributed by atoms with Crippen LogP contribution in [0.4, 0.5) is 5.69 Å². The van der Waals surface area contributed by atoms with Crippen LogP contribution in [0.3, 0.4) is 0 Å². The van der Waals surface area contributed by atoms with E-state index in [0.29, 0.717) is 5.52 Å². The van der Waals surface area contributed by atoms with Crippen LogP contribution in [0, 0.1) is 0 Å². The Morgan fingerprint density at radius 1 is 1.12 bits per heavy atom. The van der Waals surface area contributed by atoms with E-state index >= 15 is 0 Å². The lowest BCUT2D eigenvalue weighted by Gasteiger charge is -2.17. The van der Waals surface area contributed by atoms with Crippen molar-refractivity contribution in [2.45, 2.75) is 4.90 Å². The van der Waals surface area contributed by atoms with Crippen LogP contribution < -0.4 is 9.74 Å². The van der Waals surface area contributed by atoms with E-state index in [0.717, 1.165) is 17.3 Å². The highest BCUT2D eigenvalue weighted by Crippen LogP contribution is 2.20. The molecule has 1 aromatic heterocycles. The molecule has 1 heterocycles. The number of carbonyl (C=O) groups excluding carboxylic acids is 1. The second kappa shape index (κ2) is 6.60. The number of amides is 1. The van der Waals surface area contributed by atoms with Gasteiger partial charge >= 0.3 is 0 Å². The number of nitrogens with zero attached hydrogens (tertiary/aromatic N) is 2. The normalized spacial score (nSPS) is 11.4. The SMILES string of the molecule is CN(C(=O)COn1ccc2ccc(S(C)(=O)=O)cc21)c1ccccc1. The highest BCUT2D eigenvalue weighted by molar-refractivity contribution is 7.90. The molecule has 0 aliphatic rings. The second-order valence-corrected chi connectivity index (χ2v) is 7.71. The van der Waals surface area contributed by atoms with Gasteiger partial charge in [0.1, 0.15) is 0 Å². The Kier molecular flexibility index (Phi) is 4.50. The number of hydrogen-bond acceptors (Lipinski definition) is 4. The Bertz CT molecular complexity index is 1010. The maximum Gasteiger partial charge on any atom is 0.267 e. The summed E-state index contributed by atoms with van der Waals surface area (Å²) in [4.78, 5) is 19.6. The van der Waals surface area contributed by atoms with E-state index in [1.54, 1.807) is 31.4 Å². The molecule has 0 fully saturated rings. The van der Waals surface area contributed by atoms with Crippen LogP contribution in [0.25, 0.3) is 10.9 Å². The maximum absolute atomic E-state index is 12.3. The van der Waals surface area contributed by atoms with Gasteiger partial charge in [0, 0.05) is 30.6 Å². The third-order valence-electron chi connectivity index (χ3n) is 3.90. The van der Waals surface area contributed by atoms with Gasteiger partial charge in [-0.05, 0) is 30.3 Å². The third kappa shape index (κ3) is 3.66. The van der Waals surface area contributed by atoms with Gasteiger partial charge in [-0.3, -0.25) is 4.79 Å². The summed E-state index contributed by atoms with van der Waals surface area (Å²) in [5.41, 5.74) is 1.37. The molecule has 0 spiro atoms. The van der Waals surface area contributed by atoms with Gasteiger partial charge in [0.2, 0.25) is 0 Å². The van der Waals surface area contributed by atoms with Gasteiger partial charge in [-0.2, -0.15) is 4.73 Å². The van der Waals surface area contributed by atoms with E-state index in [2.05, 4.69) is 0 Å². The minimum atomic E-state index is -3.31. The van der Waals surface area contributed by atoms with Crippen molar-refractivity contribution in [1.82, 2.24) is 4.73 Å². The predicted octanol–water partition coefficient (Wildman–Crippen LogP) is 2.14. The first-order chi connectivity index (χ1) is 11.9. The van der Waals surface area contributed by atoms with Gasteiger partial charge in [0.15, 0.2) is 16.4 Å². The lowest BCUT2D eigenvalue weighted by molar-refractivity contribution is -0.122. The Balaban J connectivity index is 1.78. The van der Waals surface area contributed by atoms with Gasteiger partial charge in [-0.15, -0.1) is 0 Å². The van der Waals surface area contributed by atoms with E-state index in [1.165, 1.54) is 15.7 Å². The first-order valence-corrected chi connectivity index (χ1v) is 9.51. The summed E-state index contributed by atoms with van der Waals surface area (Å²) >= 11 is 0. The van der Waals surface area contributed by atoms with Crippen molar-refractivity contribution in [3.05, 3.63) is 60.8 Å². The second-order valence-electron chi connectivity index (χ2n) is 5.70. The van der Waals surface area contributed by atoms with E-state index in [1.807, 2.05) is 30.3 Å². The van der Waals surface area contributed by atoms with Crippen LogP contribution in [0.15, 0.2) is 65.7 Å². The summed E-state index contributed by atoms with van der Waals surface area (Å²) in [5.74, 6) is -0.215. The van der Waals surface area contributed by atoms with Crippen LogP contribution in [0.2, 0.25) is 0 Å². The Morgan fingerprint density at radius 3 is 2.52 bits per heavy atom. The zero-order chi connectivity index (χ0) is 18.0. The van der Waals surface area contributed by atoms with Gasteiger partial charge < -0.3 is 9.74 Å². The quantitative estimate of drug-likeness (QED) is 0.701. The fourth-order valence-corrected chi connectivity index (χ4v) is 3.08. The molecule has 25 heavy (non-hydrogen) atoms. The molecule has 130 valence electrons. The third-order valence-corrected chi connectivity index (χ3v) is 5.01. The zero-order valence-corrected chi connectivity index (χ0v) is 14.7. The summed E-state index contributed by atoms with van der Waals surface area (Å²) in [5, 5.41) is 0.830. The molecule has 0 aliphatic carbocycles. The zero-order valence-electron chi connectivity index (χ0n) is 13.9. The van der Waals surface area contributed by atoms with Crippen molar-refractivity contribution < 1.29 is 18.0 Å². The molecule has 7 heteroatoms. The van der Waals surface area contributed by atoms with E-state index in [9.17, 15) is 13.2 Å². The fraction of sp³-hybridized carbons (Fsp3) is 0.167. The number of benzene rings is 2. The van der Waals surface area contributed by atoms with Gasteiger partial charge in [0.25, 0.3) is 5.91 Å². The van der Waals surface area contributed by atoms with Crippen molar-refractivity contribution >= 4 is 32.3 Å². The van der Waals surface area contributed by atoms with Crippen molar-refractivity contribution in [2.75, 3.05) is 24.8 Å². The van der Waals surface area contributed by atoms with Gasteiger partial charge in [-0.1, -0.05) is 24.3 Å². The van der Waals surface area contributed by atoms with Crippen LogP contribution in [-0.4, -0.2) is 39.0 Å². The molecule has 0 radical (unpaired) electrons. The number of carbonyl (C=O) groups is 1. The number of anilines is 1. The molecule has 0 aliphatic heterocycles. The van der Waals surface area contributed by atoms with Crippen molar-refractivity contribution in [1.29, 1.82) is 0 Å². The van der Waals surface area contributed by atoms with E-state index in [-0.39, 0.29) is 17.4 Å². The van der Waals surface area contributed by atoms with Crippen molar-refractivity contribution in [2.24, 2.45) is 0 Å². The molecule has 0 unspecified atom stereocenters. The first kappa shape index (κ1) is 17.0. The lowest BCUT2D eigenvalue weighted by atomic mass is 10.2. The first-order valence-electron chi connectivity index (χ1n) is 7.62. The number of hydrogen-bond donors (Lipinski definition) is 0. The van der Waals surface area contributed by atoms with Crippen molar-refractivity contribution in [3.63, 3.8) is 0 Å². The van der Waals surface area contributed by atoms with Crippen molar-refractivity contribution in [3.8, 4) is 0 Å². The topological polar surface area (TPSA) is 68.6 Å². The molecule has 1 amide bonds. The average Bonchev–Trinajstić information content (AvgIpc) is 3.01. The van der Waals surface area contributed by atoms with Crippen LogP contribution in [0.1, 0.15) is 0 Å². The molecule has 6 nitrogen and oxygen atoms in total. The monoisotopic (exact) mass is 358 g/mol. The number of aromatic nitrogens is 1. The summed E-state index contributed by atoms with van der Waals surface area (Å²) in [7, 11) is -1.64. The maximum atomic E-state index is 12.3. The molecule has 3 rings (SSSR count). The Labute approximate surface area is 146 Å². The minimum Gasteiger partial charge on any atom is -0.404 e. The molecule has 0 atom stereocenters. The highest BCUT2D eigenvalue weighted by atomic mass is 32.2. The summed E-state index contributed by atoms with van der Waals surface area (Å²) in [6, 6.07) is 15.9. The molecular weight excluding hydrogens is 340 g/mol. The molecule has 0 N–H and O–H groups in total. The minimum absolute atomic E-state index is 0.168. The smallest absolute Gasteiger partial charge is 0.267 e. The summed E-state index contributed by atoms with van der Waals surface area (Å²) < 4.78 is 24.8. The molecule has 2 aromatic carbocycles. The standard InChI is InChI=1S/C18H18N2O4S/c1-19(15-6-4-3-5-7-15)18(21)13-24-20-11-10-14-8-9-16(12-17(14)20)25(2,22)23/h3-12H,13H2,1-2H3. The fourth-order valence-electron chi connectivity index (χ4n) is 2.44. The molecule has 0 saturated heterocycles. The Morgan fingerprint density at radius 2 is 1.84 bits per heavy atom. The van der Waals surface area contributed by atoms with Crippen LogP contribution >= 0.6 is 0 Å². The highest BCUT2D eigenvalue weighted by Gasteiger charge is 2.14. The number of fused-ring (bicyclic) bond motifs is 1. The average molecular weight is 358 g/mol. The molecule has 0 bridgehead atoms. The number of rotatable bonds is 5. The van der Waals surface area contributed by atoms with E-state index in [4.69, 9.17) is 4.84 Å². The molecule has 3 aromatic rings. The molecule has 0 saturated carbocycles. The number of likely N-dealkylation sites (N-methyl/N-ethyl adjacent to an activating group) is 1. The number of para-hydroxylation sites is 1. The summed E-state index contributed by atoms with van der Waals surface area (Å²) in [6.07, 6.45) is 2.81. The predicted molar refractivity (Wildman–Crippen MR) is 96.3 cm³/mol. The largest absolute Gasteiger partial charge is 0.404 e. The van der Waals surface area contributed by atoms with Crippen LogP contribution in [0.5, 0.6) is 0 Å². The Hall–Kier alpha value is -2.80. The van der Waals surface area contributed by atoms with Gasteiger partial charge in [-0.25, -0.2) is 8.42 Å².